The van der Waals surface area contributed by atoms with Crippen LogP contribution in [0.1, 0.15) is 35.9 Å². The summed E-state index contributed by atoms with van der Waals surface area (Å²) in [6.45, 7) is 4.34. The fraction of sp³-hybridized carbons (Fsp3) is 0.480. The van der Waals surface area contributed by atoms with Crippen molar-refractivity contribution in [3.8, 4) is 0 Å². The summed E-state index contributed by atoms with van der Waals surface area (Å²) in [4.78, 5) is 9.72. The standard InChI is InChI=1S/C25H31N3O2S/c1-27-12-10-21(11-13-27)30-24(25-26-22-7-2-3-8-23(22)31-25)19-5-4-6-20(15-19)28-14-9-18(16-28)17-29/h2-8,15,18,21,24,29H,9-14,16-17H2,1H3. The molecule has 0 bridgehead atoms. The Balaban J connectivity index is 1.46. The second kappa shape index (κ2) is 9.25. The maximum absolute atomic E-state index is 9.54. The van der Waals surface area contributed by atoms with Crippen molar-refractivity contribution >= 4 is 27.2 Å². The van der Waals surface area contributed by atoms with Crippen molar-refractivity contribution in [3.05, 3.63) is 59.1 Å². The van der Waals surface area contributed by atoms with Crippen molar-refractivity contribution in [1.82, 2.24) is 9.88 Å². The van der Waals surface area contributed by atoms with E-state index in [0.29, 0.717) is 5.92 Å². The smallest absolute Gasteiger partial charge is 0.134 e. The lowest BCUT2D eigenvalue weighted by atomic mass is 10.1. The molecule has 6 heteroatoms. The number of hydrogen-bond donors (Lipinski definition) is 1. The summed E-state index contributed by atoms with van der Waals surface area (Å²) in [6.07, 6.45) is 3.27. The average Bonchev–Trinajstić information content (AvgIpc) is 3.46. The molecule has 2 aliphatic heterocycles. The molecule has 3 aromatic rings. The minimum atomic E-state index is -0.151. The number of fused-ring (bicyclic) bond motifs is 1. The van der Waals surface area contributed by atoms with E-state index in [1.807, 2.05) is 6.07 Å². The number of likely N-dealkylation sites (tertiary alicyclic amines) is 1. The third kappa shape index (κ3) is 4.62. The number of thiazole rings is 1. The maximum Gasteiger partial charge on any atom is 0.134 e. The summed E-state index contributed by atoms with van der Waals surface area (Å²) in [5.74, 6) is 0.374. The molecule has 1 N–H and O–H groups in total. The molecular formula is C25H31N3O2S. The number of anilines is 1. The van der Waals surface area contributed by atoms with Crippen LogP contribution in [0.3, 0.4) is 0 Å². The number of benzene rings is 2. The Hall–Kier alpha value is -1.99. The van der Waals surface area contributed by atoms with E-state index in [9.17, 15) is 5.11 Å². The highest BCUT2D eigenvalue weighted by Crippen LogP contribution is 2.36. The normalized spacial score (nSPS) is 21.7. The third-order valence-corrected chi connectivity index (χ3v) is 7.69. The SMILES string of the molecule is CN1CCC(OC(c2cccc(N3CCC(CO)C3)c2)c2nc3ccccc3s2)CC1. The van der Waals surface area contributed by atoms with Crippen LogP contribution in [-0.2, 0) is 4.74 Å². The highest BCUT2D eigenvalue weighted by atomic mass is 32.1. The van der Waals surface area contributed by atoms with Gasteiger partial charge >= 0.3 is 0 Å². The predicted molar refractivity (Wildman–Crippen MR) is 127 cm³/mol. The molecule has 3 heterocycles. The van der Waals surface area contributed by atoms with E-state index in [4.69, 9.17) is 9.72 Å². The molecule has 0 saturated carbocycles. The van der Waals surface area contributed by atoms with Crippen molar-refractivity contribution in [2.75, 3.05) is 44.7 Å². The first-order chi connectivity index (χ1) is 15.2. The van der Waals surface area contributed by atoms with Gasteiger partial charge in [0.15, 0.2) is 0 Å². The van der Waals surface area contributed by atoms with Crippen molar-refractivity contribution in [2.45, 2.75) is 31.5 Å². The lowest BCUT2D eigenvalue weighted by molar-refractivity contribution is -0.0234. The monoisotopic (exact) mass is 437 g/mol. The van der Waals surface area contributed by atoms with Crippen LogP contribution in [0.25, 0.3) is 10.2 Å². The van der Waals surface area contributed by atoms with Crippen LogP contribution in [0, 0.1) is 5.92 Å². The zero-order chi connectivity index (χ0) is 21.2. The summed E-state index contributed by atoms with van der Waals surface area (Å²) in [5, 5.41) is 10.6. The van der Waals surface area contributed by atoms with Gasteiger partial charge in [0.05, 0.1) is 16.3 Å². The molecule has 5 rings (SSSR count). The van der Waals surface area contributed by atoms with Gasteiger partial charge in [-0.25, -0.2) is 4.98 Å². The topological polar surface area (TPSA) is 48.8 Å². The molecule has 0 spiro atoms. The first-order valence-electron chi connectivity index (χ1n) is 11.3. The minimum absolute atomic E-state index is 0.151. The van der Waals surface area contributed by atoms with Crippen LogP contribution < -0.4 is 4.90 Å². The first-order valence-corrected chi connectivity index (χ1v) is 12.2. The van der Waals surface area contributed by atoms with E-state index in [1.54, 1.807) is 11.3 Å². The number of hydrogen-bond acceptors (Lipinski definition) is 6. The molecule has 2 aromatic carbocycles. The van der Waals surface area contributed by atoms with Crippen LogP contribution in [-0.4, -0.2) is 60.9 Å². The molecular weight excluding hydrogens is 406 g/mol. The molecule has 0 amide bonds. The molecule has 2 unspecified atom stereocenters. The van der Waals surface area contributed by atoms with E-state index >= 15 is 0 Å². The molecule has 0 radical (unpaired) electrons. The highest BCUT2D eigenvalue weighted by molar-refractivity contribution is 7.18. The number of ether oxygens (including phenoxy) is 1. The molecule has 5 nitrogen and oxygen atoms in total. The van der Waals surface area contributed by atoms with E-state index in [0.717, 1.165) is 56.0 Å². The molecule has 31 heavy (non-hydrogen) atoms. The van der Waals surface area contributed by atoms with Gasteiger partial charge in [-0.15, -0.1) is 11.3 Å². The Bertz CT molecular complexity index is 982. The van der Waals surface area contributed by atoms with Crippen LogP contribution in [0.4, 0.5) is 5.69 Å². The van der Waals surface area contributed by atoms with Crippen LogP contribution >= 0.6 is 11.3 Å². The van der Waals surface area contributed by atoms with Gasteiger partial charge in [0.25, 0.3) is 0 Å². The van der Waals surface area contributed by atoms with Crippen molar-refractivity contribution in [3.63, 3.8) is 0 Å². The van der Waals surface area contributed by atoms with Crippen molar-refractivity contribution < 1.29 is 9.84 Å². The van der Waals surface area contributed by atoms with Crippen LogP contribution in [0.15, 0.2) is 48.5 Å². The van der Waals surface area contributed by atoms with Gasteiger partial charge in [0.1, 0.15) is 11.1 Å². The maximum atomic E-state index is 9.54. The van der Waals surface area contributed by atoms with Gasteiger partial charge < -0.3 is 19.6 Å². The minimum Gasteiger partial charge on any atom is -0.396 e. The third-order valence-electron chi connectivity index (χ3n) is 6.61. The van der Waals surface area contributed by atoms with E-state index in [-0.39, 0.29) is 18.8 Å². The molecule has 2 atom stereocenters. The van der Waals surface area contributed by atoms with Crippen LogP contribution in [0.2, 0.25) is 0 Å². The highest BCUT2D eigenvalue weighted by Gasteiger charge is 2.27. The van der Waals surface area contributed by atoms with Crippen molar-refractivity contribution in [2.24, 2.45) is 5.92 Å². The van der Waals surface area contributed by atoms with Gasteiger partial charge in [0, 0.05) is 44.4 Å². The van der Waals surface area contributed by atoms with E-state index in [1.165, 1.54) is 16.0 Å². The quantitative estimate of drug-likeness (QED) is 0.623. The second-order valence-electron chi connectivity index (χ2n) is 8.92. The molecule has 1 aromatic heterocycles. The molecule has 2 saturated heterocycles. The van der Waals surface area contributed by atoms with Gasteiger partial charge in [-0.05, 0) is 56.1 Å². The van der Waals surface area contributed by atoms with Gasteiger partial charge in [0.2, 0.25) is 0 Å². The zero-order valence-electron chi connectivity index (χ0n) is 18.1. The lowest BCUT2D eigenvalue weighted by Crippen LogP contribution is -2.35. The number of rotatable bonds is 6. The predicted octanol–water partition coefficient (Wildman–Crippen LogP) is 4.32. The largest absolute Gasteiger partial charge is 0.396 e. The number of para-hydroxylation sites is 1. The second-order valence-corrected chi connectivity index (χ2v) is 9.98. The Morgan fingerprint density at radius 2 is 1.94 bits per heavy atom. The number of nitrogens with zero attached hydrogens (tertiary/aromatic N) is 3. The summed E-state index contributed by atoms with van der Waals surface area (Å²) in [7, 11) is 2.18. The first kappa shape index (κ1) is 20.9. The zero-order valence-corrected chi connectivity index (χ0v) is 18.9. The van der Waals surface area contributed by atoms with E-state index in [2.05, 4.69) is 59.3 Å². The molecule has 2 aliphatic rings. The summed E-state index contributed by atoms with van der Waals surface area (Å²) >= 11 is 1.74. The molecule has 0 aliphatic carbocycles. The molecule has 164 valence electrons. The van der Waals surface area contributed by atoms with Crippen LogP contribution in [0.5, 0.6) is 0 Å². The van der Waals surface area contributed by atoms with Gasteiger partial charge in [-0.1, -0.05) is 24.3 Å². The fourth-order valence-corrected chi connectivity index (χ4v) is 5.73. The van der Waals surface area contributed by atoms with Crippen molar-refractivity contribution in [1.29, 1.82) is 0 Å². The Morgan fingerprint density at radius 1 is 1.10 bits per heavy atom. The summed E-state index contributed by atoms with van der Waals surface area (Å²) in [5.41, 5.74) is 3.43. The van der Waals surface area contributed by atoms with Gasteiger partial charge in [-0.3, -0.25) is 0 Å². The number of piperidine rings is 1. The Morgan fingerprint density at radius 3 is 2.71 bits per heavy atom. The number of aromatic nitrogens is 1. The Kier molecular flexibility index (Phi) is 6.23. The lowest BCUT2D eigenvalue weighted by Gasteiger charge is -2.31. The summed E-state index contributed by atoms with van der Waals surface area (Å²) in [6, 6.07) is 17.1. The van der Waals surface area contributed by atoms with E-state index < -0.39 is 0 Å². The molecule has 2 fully saturated rings. The number of aliphatic hydroxyl groups is 1. The van der Waals surface area contributed by atoms with Gasteiger partial charge in [-0.2, -0.15) is 0 Å². The number of aliphatic hydroxyl groups excluding tert-OH is 1. The summed E-state index contributed by atoms with van der Waals surface area (Å²) < 4.78 is 7.97. The fourth-order valence-electron chi connectivity index (χ4n) is 4.70. The Labute approximate surface area is 188 Å². The average molecular weight is 438 g/mol.